The van der Waals surface area contributed by atoms with Gasteiger partial charge in [0.1, 0.15) is 11.5 Å². The molecule has 2 aromatic carbocycles. The highest BCUT2D eigenvalue weighted by atomic mass is 35.5. The second kappa shape index (κ2) is 8.94. The quantitative estimate of drug-likeness (QED) is 0.764. The van der Waals surface area contributed by atoms with Gasteiger partial charge in [-0.2, -0.15) is 0 Å². The summed E-state index contributed by atoms with van der Waals surface area (Å²) >= 11 is 6.01. The van der Waals surface area contributed by atoms with Crippen molar-refractivity contribution in [2.45, 2.75) is 13.0 Å². The van der Waals surface area contributed by atoms with Gasteiger partial charge in [-0.1, -0.05) is 23.7 Å². The maximum atomic E-state index is 12.2. The van der Waals surface area contributed by atoms with E-state index in [0.717, 1.165) is 0 Å². The van der Waals surface area contributed by atoms with E-state index in [-0.39, 0.29) is 12.5 Å². The van der Waals surface area contributed by atoms with Crippen molar-refractivity contribution in [3.63, 3.8) is 0 Å². The number of amides is 1. The Morgan fingerprint density at radius 2 is 1.80 bits per heavy atom. The molecule has 0 saturated carbocycles. The highest BCUT2D eigenvalue weighted by Gasteiger charge is 2.16. The van der Waals surface area contributed by atoms with Gasteiger partial charge in [-0.05, 0) is 43.3 Å². The molecule has 0 aromatic heterocycles. The van der Waals surface area contributed by atoms with Gasteiger partial charge >= 0.3 is 5.97 Å². The van der Waals surface area contributed by atoms with Crippen LogP contribution < -0.4 is 14.8 Å². The molecular formula is C18H18ClNO5. The van der Waals surface area contributed by atoms with E-state index in [1.807, 2.05) is 0 Å². The van der Waals surface area contributed by atoms with Crippen molar-refractivity contribution in [3.05, 3.63) is 53.6 Å². The third-order valence-corrected chi connectivity index (χ3v) is 3.53. The lowest BCUT2D eigenvalue weighted by molar-refractivity contribution is -0.142. The summed E-state index contributed by atoms with van der Waals surface area (Å²) in [5.41, 5.74) is 0.574. The Morgan fingerprint density at radius 1 is 1.12 bits per heavy atom. The number of hydrogen-bond donors (Lipinski definition) is 1. The molecule has 1 atom stereocenters. The number of para-hydroxylation sites is 1. The van der Waals surface area contributed by atoms with Crippen LogP contribution in [0, 0.1) is 0 Å². The number of ether oxygens (including phenoxy) is 3. The molecule has 0 spiro atoms. The molecule has 0 radical (unpaired) electrons. The number of rotatable bonds is 7. The number of benzene rings is 2. The van der Waals surface area contributed by atoms with Crippen LogP contribution in [0.2, 0.25) is 5.02 Å². The van der Waals surface area contributed by atoms with Crippen molar-refractivity contribution in [2.75, 3.05) is 19.0 Å². The topological polar surface area (TPSA) is 73.9 Å². The Hall–Kier alpha value is -2.73. The molecule has 6 nitrogen and oxygen atoms in total. The maximum Gasteiger partial charge on any atom is 0.343 e. The number of halogens is 1. The van der Waals surface area contributed by atoms with Crippen LogP contribution in [0.25, 0.3) is 0 Å². The molecule has 0 aliphatic carbocycles. The molecule has 7 heteroatoms. The number of hydrogen-bond acceptors (Lipinski definition) is 5. The van der Waals surface area contributed by atoms with Gasteiger partial charge in [0.25, 0.3) is 5.91 Å². The second-order valence-electron chi connectivity index (χ2n) is 5.07. The first-order chi connectivity index (χ1) is 12.0. The molecule has 0 aliphatic heterocycles. The van der Waals surface area contributed by atoms with Crippen molar-refractivity contribution in [3.8, 4) is 11.5 Å². The van der Waals surface area contributed by atoms with Crippen LogP contribution in [0.3, 0.4) is 0 Å². The van der Waals surface area contributed by atoms with E-state index >= 15 is 0 Å². The monoisotopic (exact) mass is 363 g/mol. The SMILES string of the molecule is COC(=O)COc1ccc(NC(=O)C(C)Oc2ccccc2Cl)cc1. The standard InChI is InChI=1S/C18H18ClNO5/c1-12(25-16-6-4-3-5-15(16)19)18(22)20-13-7-9-14(10-8-13)24-11-17(21)23-2/h3-10,12H,11H2,1-2H3,(H,20,22). The predicted molar refractivity (Wildman–Crippen MR) is 94.1 cm³/mol. The first kappa shape index (κ1) is 18.6. The largest absolute Gasteiger partial charge is 0.482 e. The third kappa shape index (κ3) is 5.69. The highest BCUT2D eigenvalue weighted by Crippen LogP contribution is 2.24. The Kier molecular flexibility index (Phi) is 6.65. The maximum absolute atomic E-state index is 12.2. The van der Waals surface area contributed by atoms with Crippen molar-refractivity contribution in [1.82, 2.24) is 0 Å². The van der Waals surface area contributed by atoms with E-state index in [9.17, 15) is 9.59 Å². The van der Waals surface area contributed by atoms with Crippen LogP contribution in [0.5, 0.6) is 11.5 Å². The predicted octanol–water partition coefficient (Wildman–Crippen LogP) is 3.30. The van der Waals surface area contributed by atoms with E-state index < -0.39 is 12.1 Å². The zero-order valence-electron chi connectivity index (χ0n) is 13.8. The second-order valence-corrected chi connectivity index (χ2v) is 5.48. The van der Waals surface area contributed by atoms with Gasteiger partial charge in [-0.15, -0.1) is 0 Å². The summed E-state index contributed by atoms with van der Waals surface area (Å²) in [5.74, 6) is 0.146. The highest BCUT2D eigenvalue weighted by molar-refractivity contribution is 6.32. The van der Waals surface area contributed by atoms with Crippen LogP contribution in [0.15, 0.2) is 48.5 Å². The van der Waals surface area contributed by atoms with E-state index in [4.69, 9.17) is 21.1 Å². The molecule has 2 rings (SSSR count). The molecule has 2 aromatic rings. The van der Waals surface area contributed by atoms with Gasteiger partial charge in [0.05, 0.1) is 12.1 Å². The van der Waals surface area contributed by atoms with Crippen molar-refractivity contribution in [1.29, 1.82) is 0 Å². The minimum absolute atomic E-state index is 0.176. The number of methoxy groups -OCH3 is 1. The molecule has 0 saturated heterocycles. The molecule has 25 heavy (non-hydrogen) atoms. The minimum atomic E-state index is -0.727. The minimum Gasteiger partial charge on any atom is -0.482 e. The van der Waals surface area contributed by atoms with Gasteiger partial charge in [0, 0.05) is 5.69 Å². The summed E-state index contributed by atoms with van der Waals surface area (Å²) in [6.45, 7) is 1.46. The fraction of sp³-hybridized carbons (Fsp3) is 0.222. The van der Waals surface area contributed by atoms with E-state index in [0.29, 0.717) is 22.2 Å². The number of nitrogens with one attached hydrogen (secondary N) is 1. The summed E-state index contributed by atoms with van der Waals surface area (Å²) in [4.78, 5) is 23.2. The lowest BCUT2D eigenvalue weighted by atomic mass is 10.2. The molecule has 0 heterocycles. The molecule has 0 aliphatic rings. The zero-order chi connectivity index (χ0) is 18.2. The molecule has 1 unspecified atom stereocenters. The molecule has 1 N–H and O–H groups in total. The van der Waals surface area contributed by atoms with Gasteiger partial charge in [-0.25, -0.2) is 4.79 Å². The summed E-state index contributed by atoms with van der Waals surface area (Å²) < 4.78 is 15.3. The van der Waals surface area contributed by atoms with Crippen molar-refractivity contribution in [2.24, 2.45) is 0 Å². The van der Waals surface area contributed by atoms with Crippen molar-refractivity contribution < 1.29 is 23.8 Å². The fourth-order valence-electron chi connectivity index (χ4n) is 1.86. The number of anilines is 1. The lowest BCUT2D eigenvalue weighted by Gasteiger charge is -2.15. The van der Waals surface area contributed by atoms with E-state index in [1.165, 1.54) is 7.11 Å². The van der Waals surface area contributed by atoms with Crippen molar-refractivity contribution >= 4 is 29.2 Å². The Bertz CT molecular complexity index is 733. The lowest BCUT2D eigenvalue weighted by Crippen LogP contribution is -2.30. The summed E-state index contributed by atoms with van der Waals surface area (Å²) in [5, 5.41) is 3.17. The molecular weight excluding hydrogens is 346 g/mol. The molecule has 0 bridgehead atoms. The normalized spacial score (nSPS) is 11.3. The van der Waals surface area contributed by atoms with Crippen LogP contribution in [0.4, 0.5) is 5.69 Å². The van der Waals surface area contributed by atoms with Crippen LogP contribution in [-0.2, 0) is 14.3 Å². The average Bonchev–Trinajstić information content (AvgIpc) is 2.62. The first-order valence-corrected chi connectivity index (χ1v) is 7.89. The average molecular weight is 364 g/mol. The Morgan fingerprint density at radius 3 is 2.44 bits per heavy atom. The number of esters is 1. The molecule has 0 fully saturated rings. The van der Waals surface area contributed by atoms with Crippen LogP contribution in [-0.4, -0.2) is 31.7 Å². The molecule has 132 valence electrons. The zero-order valence-corrected chi connectivity index (χ0v) is 14.6. The van der Waals surface area contributed by atoms with Gasteiger partial charge in [-0.3, -0.25) is 4.79 Å². The number of carbonyl (C=O) groups excluding carboxylic acids is 2. The summed E-state index contributed by atoms with van der Waals surface area (Å²) in [6, 6.07) is 13.5. The first-order valence-electron chi connectivity index (χ1n) is 7.51. The van der Waals surface area contributed by atoms with Gasteiger partial charge in [0.15, 0.2) is 12.7 Å². The smallest absolute Gasteiger partial charge is 0.343 e. The van der Waals surface area contributed by atoms with E-state index in [2.05, 4.69) is 10.1 Å². The summed E-state index contributed by atoms with van der Waals surface area (Å²) in [7, 11) is 1.29. The number of carbonyl (C=O) groups is 2. The third-order valence-electron chi connectivity index (χ3n) is 3.22. The van der Waals surface area contributed by atoms with Crippen LogP contribution in [0.1, 0.15) is 6.92 Å². The van der Waals surface area contributed by atoms with Gasteiger partial charge < -0.3 is 19.5 Å². The summed E-state index contributed by atoms with van der Waals surface area (Å²) in [6.07, 6.45) is -0.727. The van der Waals surface area contributed by atoms with Gasteiger partial charge in [0.2, 0.25) is 0 Å². The van der Waals surface area contributed by atoms with E-state index in [1.54, 1.807) is 55.5 Å². The molecule has 1 amide bonds. The Balaban J connectivity index is 1.89. The Labute approximate surface area is 150 Å². The fourth-order valence-corrected chi connectivity index (χ4v) is 2.04. The van der Waals surface area contributed by atoms with Crippen LogP contribution >= 0.6 is 11.6 Å².